The van der Waals surface area contributed by atoms with Crippen LogP contribution in [0.5, 0.6) is 0 Å². The first-order valence-corrected chi connectivity index (χ1v) is 6.41. The quantitative estimate of drug-likeness (QED) is 0.685. The van der Waals surface area contributed by atoms with Gasteiger partial charge in [0, 0.05) is 15.1 Å². The lowest BCUT2D eigenvalue weighted by atomic mass is 10.2. The molecule has 0 saturated heterocycles. The van der Waals surface area contributed by atoms with Crippen molar-refractivity contribution in [3.05, 3.63) is 51.7 Å². The van der Waals surface area contributed by atoms with Gasteiger partial charge in [0.1, 0.15) is 11.6 Å². The van der Waals surface area contributed by atoms with Crippen LogP contribution in [-0.4, -0.2) is 9.97 Å². The summed E-state index contributed by atoms with van der Waals surface area (Å²) in [5.41, 5.74) is 2.29. The highest BCUT2D eigenvalue weighted by molar-refractivity contribution is 9.10. The Kier molecular flexibility index (Phi) is 2.84. The van der Waals surface area contributed by atoms with Gasteiger partial charge in [-0.2, -0.15) is 0 Å². The lowest BCUT2D eigenvalue weighted by molar-refractivity contribution is 0.629. The molecule has 5 heteroatoms. The third-order valence-electron chi connectivity index (χ3n) is 2.63. The average Bonchev–Trinajstić information content (AvgIpc) is 2.71. The second-order valence-electron chi connectivity index (χ2n) is 3.87. The van der Waals surface area contributed by atoms with Crippen LogP contribution in [0.3, 0.4) is 0 Å². The Labute approximate surface area is 116 Å². The van der Waals surface area contributed by atoms with Crippen LogP contribution < -0.4 is 0 Å². The maximum absolute atomic E-state index is 13.1. The maximum atomic E-state index is 13.1. The van der Waals surface area contributed by atoms with Crippen LogP contribution in [0.2, 0.25) is 5.02 Å². The summed E-state index contributed by atoms with van der Waals surface area (Å²) in [5.74, 6) is 0.395. The fourth-order valence-electron chi connectivity index (χ4n) is 1.79. The normalized spacial score (nSPS) is 11.1. The molecule has 0 fully saturated rings. The first-order chi connectivity index (χ1) is 8.63. The number of hydrogen-bond donors (Lipinski definition) is 1. The van der Waals surface area contributed by atoms with Gasteiger partial charge in [-0.15, -0.1) is 0 Å². The molecule has 1 heterocycles. The van der Waals surface area contributed by atoms with Gasteiger partial charge in [-0.1, -0.05) is 11.6 Å². The van der Waals surface area contributed by atoms with Crippen LogP contribution in [0.4, 0.5) is 4.39 Å². The minimum absolute atomic E-state index is 0.284. The summed E-state index contributed by atoms with van der Waals surface area (Å²) in [6.45, 7) is 0. The van der Waals surface area contributed by atoms with E-state index < -0.39 is 0 Å². The van der Waals surface area contributed by atoms with Crippen LogP contribution in [0.15, 0.2) is 40.9 Å². The number of imidazole rings is 1. The van der Waals surface area contributed by atoms with E-state index in [-0.39, 0.29) is 5.82 Å². The van der Waals surface area contributed by atoms with Gasteiger partial charge >= 0.3 is 0 Å². The molecule has 0 bridgehead atoms. The molecule has 0 unspecified atom stereocenters. The van der Waals surface area contributed by atoms with Gasteiger partial charge < -0.3 is 4.98 Å². The molecule has 1 N–H and O–H groups in total. The molecule has 0 saturated carbocycles. The Hall–Kier alpha value is -1.39. The van der Waals surface area contributed by atoms with Gasteiger partial charge in [0.15, 0.2) is 0 Å². The molecule has 0 spiro atoms. The third-order valence-corrected chi connectivity index (χ3v) is 3.52. The number of hydrogen-bond acceptors (Lipinski definition) is 1. The number of H-pyrrole nitrogens is 1. The van der Waals surface area contributed by atoms with Crippen LogP contribution >= 0.6 is 27.5 Å². The van der Waals surface area contributed by atoms with Crippen molar-refractivity contribution in [1.82, 2.24) is 9.97 Å². The third kappa shape index (κ3) is 2.02. The van der Waals surface area contributed by atoms with Crippen molar-refractivity contribution in [3.63, 3.8) is 0 Å². The number of nitrogens with zero attached hydrogens (tertiary/aromatic N) is 1. The summed E-state index contributed by atoms with van der Waals surface area (Å²) in [5, 5.41) is 0.646. The fraction of sp³-hybridized carbons (Fsp3) is 0. The number of fused-ring (bicyclic) bond motifs is 1. The number of benzene rings is 2. The standard InChI is InChI=1S/C13H7BrClFN2/c14-10-5-7(15)1-3-9(10)13-17-11-4-2-8(16)6-12(11)18-13/h1-6H,(H,17,18). The Morgan fingerprint density at radius 1 is 1.17 bits per heavy atom. The van der Waals surface area contributed by atoms with Crippen molar-refractivity contribution in [2.24, 2.45) is 0 Å². The SMILES string of the molecule is Fc1ccc2nc(-c3ccc(Cl)cc3Br)[nH]c2c1. The van der Waals surface area contributed by atoms with Crippen LogP contribution in [-0.2, 0) is 0 Å². The van der Waals surface area contributed by atoms with Gasteiger partial charge in [0.25, 0.3) is 0 Å². The van der Waals surface area contributed by atoms with Crippen LogP contribution in [0.25, 0.3) is 22.4 Å². The highest BCUT2D eigenvalue weighted by atomic mass is 79.9. The Bertz CT molecular complexity index is 739. The zero-order chi connectivity index (χ0) is 12.7. The first-order valence-electron chi connectivity index (χ1n) is 5.24. The number of nitrogens with one attached hydrogen (secondary N) is 1. The summed E-state index contributed by atoms with van der Waals surface area (Å²) in [6, 6.07) is 9.91. The summed E-state index contributed by atoms with van der Waals surface area (Å²) in [6.07, 6.45) is 0. The molecule has 2 aromatic carbocycles. The molecule has 3 aromatic rings. The zero-order valence-electron chi connectivity index (χ0n) is 9.05. The fourth-order valence-corrected chi connectivity index (χ4v) is 2.66. The number of aromatic nitrogens is 2. The lowest BCUT2D eigenvalue weighted by Crippen LogP contribution is -1.82. The van der Waals surface area contributed by atoms with Crippen molar-refractivity contribution in [3.8, 4) is 11.4 Å². The van der Waals surface area contributed by atoms with E-state index in [1.807, 2.05) is 6.07 Å². The molecule has 0 atom stereocenters. The van der Waals surface area contributed by atoms with Crippen molar-refractivity contribution < 1.29 is 4.39 Å². The highest BCUT2D eigenvalue weighted by Gasteiger charge is 2.09. The van der Waals surface area contributed by atoms with Gasteiger partial charge in [-0.3, -0.25) is 0 Å². The molecular formula is C13H7BrClFN2. The molecule has 0 amide bonds. The zero-order valence-corrected chi connectivity index (χ0v) is 11.4. The average molecular weight is 326 g/mol. The van der Waals surface area contributed by atoms with E-state index in [0.29, 0.717) is 16.4 Å². The van der Waals surface area contributed by atoms with Gasteiger partial charge in [0.2, 0.25) is 0 Å². The van der Waals surface area contributed by atoms with E-state index in [0.717, 1.165) is 15.6 Å². The molecule has 0 aliphatic rings. The van der Waals surface area contributed by atoms with E-state index in [2.05, 4.69) is 25.9 Å². The second-order valence-corrected chi connectivity index (χ2v) is 5.16. The molecular weight excluding hydrogens is 319 g/mol. The Balaban J connectivity index is 2.19. The van der Waals surface area contributed by atoms with E-state index >= 15 is 0 Å². The van der Waals surface area contributed by atoms with Crippen LogP contribution in [0.1, 0.15) is 0 Å². The molecule has 2 nitrogen and oxygen atoms in total. The van der Waals surface area contributed by atoms with Crippen molar-refractivity contribution >= 4 is 38.6 Å². The highest BCUT2D eigenvalue weighted by Crippen LogP contribution is 2.30. The monoisotopic (exact) mass is 324 g/mol. The van der Waals surface area contributed by atoms with Crippen molar-refractivity contribution in [1.29, 1.82) is 0 Å². The van der Waals surface area contributed by atoms with Crippen molar-refractivity contribution in [2.75, 3.05) is 0 Å². The molecule has 18 heavy (non-hydrogen) atoms. The molecule has 90 valence electrons. The first kappa shape index (κ1) is 11.7. The minimum atomic E-state index is -0.284. The predicted octanol–water partition coefficient (Wildman–Crippen LogP) is 4.78. The van der Waals surface area contributed by atoms with E-state index in [4.69, 9.17) is 11.6 Å². The smallest absolute Gasteiger partial charge is 0.139 e. The molecule has 0 aliphatic heterocycles. The Morgan fingerprint density at radius 3 is 2.78 bits per heavy atom. The summed E-state index contributed by atoms with van der Waals surface area (Å²) in [7, 11) is 0. The summed E-state index contributed by atoms with van der Waals surface area (Å²) in [4.78, 5) is 7.51. The van der Waals surface area contributed by atoms with Gasteiger partial charge in [-0.05, 0) is 52.3 Å². The van der Waals surface area contributed by atoms with E-state index in [1.165, 1.54) is 12.1 Å². The van der Waals surface area contributed by atoms with E-state index in [1.54, 1.807) is 18.2 Å². The van der Waals surface area contributed by atoms with Gasteiger partial charge in [0.05, 0.1) is 11.0 Å². The number of aromatic amines is 1. The number of halogens is 3. The largest absolute Gasteiger partial charge is 0.338 e. The molecule has 0 radical (unpaired) electrons. The summed E-state index contributed by atoms with van der Waals surface area (Å²) >= 11 is 9.33. The maximum Gasteiger partial charge on any atom is 0.139 e. The van der Waals surface area contributed by atoms with E-state index in [9.17, 15) is 4.39 Å². The summed E-state index contributed by atoms with van der Waals surface area (Å²) < 4.78 is 13.9. The second kappa shape index (κ2) is 4.37. The van der Waals surface area contributed by atoms with Gasteiger partial charge in [-0.25, -0.2) is 9.37 Å². The topological polar surface area (TPSA) is 28.7 Å². The molecule has 3 rings (SSSR count). The molecule has 1 aromatic heterocycles. The molecule has 0 aliphatic carbocycles. The number of rotatable bonds is 1. The predicted molar refractivity (Wildman–Crippen MR) is 74.2 cm³/mol. The van der Waals surface area contributed by atoms with Crippen molar-refractivity contribution in [2.45, 2.75) is 0 Å². The van der Waals surface area contributed by atoms with Crippen LogP contribution in [0, 0.1) is 5.82 Å². The minimum Gasteiger partial charge on any atom is -0.338 e. The Morgan fingerprint density at radius 2 is 2.00 bits per heavy atom. The lowest BCUT2D eigenvalue weighted by Gasteiger charge is -2.00.